The van der Waals surface area contributed by atoms with E-state index >= 15 is 0 Å². The van der Waals surface area contributed by atoms with Gasteiger partial charge in [-0.3, -0.25) is 0 Å². The zero-order valence-corrected chi connectivity index (χ0v) is 24.1. The van der Waals surface area contributed by atoms with E-state index in [1.54, 1.807) is 0 Å². The minimum Gasteiger partial charge on any atom is -0.460 e. The van der Waals surface area contributed by atoms with Gasteiger partial charge in [0.2, 0.25) is 0 Å². The van der Waals surface area contributed by atoms with Gasteiger partial charge in [0.1, 0.15) is 12.7 Å². The molecule has 5 saturated carbocycles. The van der Waals surface area contributed by atoms with E-state index in [2.05, 4.69) is 48.5 Å². The Balaban J connectivity index is 1.33. The van der Waals surface area contributed by atoms with Crippen molar-refractivity contribution in [2.45, 2.75) is 125 Å². The molecule has 10 atom stereocenters. The molecule has 1 saturated heterocycles. The molecule has 1 N–H and O–H groups in total. The molecule has 0 radical (unpaired) electrons. The first kappa shape index (κ1) is 25.7. The lowest BCUT2D eigenvalue weighted by atomic mass is 9.31. The number of rotatable bonds is 2. The van der Waals surface area contributed by atoms with E-state index in [1.165, 1.54) is 51.4 Å². The Kier molecular flexibility index (Phi) is 5.51. The summed E-state index contributed by atoms with van der Waals surface area (Å²) in [5.74, 6) is 2.34. The summed E-state index contributed by atoms with van der Waals surface area (Å²) in [5, 5.41) is 9.32. The number of carbonyl (C=O) groups excluding carboxylic acids is 1. The van der Waals surface area contributed by atoms with Gasteiger partial charge in [0.05, 0.1) is 12.7 Å². The van der Waals surface area contributed by atoms with Crippen molar-refractivity contribution >= 4 is 5.97 Å². The van der Waals surface area contributed by atoms with Crippen LogP contribution in [0.1, 0.15) is 113 Å². The van der Waals surface area contributed by atoms with Crippen molar-refractivity contribution in [3.05, 3.63) is 0 Å². The Hall–Kier alpha value is -0.610. The highest BCUT2D eigenvalue weighted by Crippen LogP contribution is 2.78. The minimum absolute atomic E-state index is 0.0616. The first-order valence-electron chi connectivity index (χ1n) is 15.2. The molecular weight excluding hydrogens is 448 g/mol. The molecule has 2 bridgehead atoms. The predicted octanol–water partition coefficient (Wildman–Crippen LogP) is 6.78. The molecule has 0 amide bonds. The summed E-state index contributed by atoms with van der Waals surface area (Å²) in [6.07, 6.45) is 13.1. The van der Waals surface area contributed by atoms with Crippen LogP contribution in [-0.4, -0.2) is 36.5 Å². The lowest BCUT2D eigenvalue weighted by Crippen LogP contribution is -2.68. The topological polar surface area (TPSA) is 55.8 Å². The molecule has 6 fully saturated rings. The SMILES string of the molecule is CC1(C)CCC23CC[C@]4(C)C(CCC5[C@@]6(C)CC[C@H](OC(=O)CO)C(C)(C)C6CC[C@]54C)C2C1OC3. The number of aliphatic hydroxyl groups excluding tert-OH is 1. The Labute approximate surface area is 219 Å². The average Bonchev–Trinajstić information content (AvgIpc) is 3.15. The highest BCUT2D eigenvalue weighted by molar-refractivity contribution is 5.70. The lowest BCUT2D eigenvalue weighted by Gasteiger charge is -2.73. The zero-order valence-electron chi connectivity index (χ0n) is 24.1. The van der Waals surface area contributed by atoms with Crippen LogP contribution in [0.3, 0.4) is 0 Å². The van der Waals surface area contributed by atoms with Crippen LogP contribution in [0.25, 0.3) is 0 Å². The monoisotopic (exact) mass is 500 g/mol. The zero-order chi connectivity index (χ0) is 25.9. The molecule has 36 heavy (non-hydrogen) atoms. The van der Waals surface area contributed by atoms with E-state index in [9.17, 15) is 9.90 Å². The van der Waals surface area contributed by atoms with E-state index in [1.807, 2.05) is 0 Å². The summed E-state index contributed by atoms with van der Waals surface area (Å²) >= 11 is 0. The van der Waals surface area contributed by atoms with E-state index in [0.717, 1.165) is 37.2 Å². The summed E-state index contributed by atoms with van der Waals surface area (Å²) in [6.45, 7) is 18.1. The van der Waals surface area contributed by atoms with Gasteiger partial charge in [-0.05, 0) is 115 Å². The van der Waals surface area contributed by atoms with Crippen LogP contribution in [0.4, 0.5) is 0 Å². The summed E-state index contributed by atoms with van der Waals surface area (Å²) in [6, 6.07) is 0. The first-order chi connectivity index (χ1) is 16.8. The Morgan fingerprint density at radius 2 is 1.56 bits per heavy atom. The highest BCUT2D eigenvalue weighted by atomic mass is 16.6. The van der Waals surface area contributed by atoms with Gasteiger partial charge in [-0.15, -0.1) is 0 Å². The summed E-state index contributed by atoms with van der Waals surface area (Å²) < 4.78 is 12.5. The number of hydrogen-bond acceptors (Lipinski definition) is 4. The second kappa shape index (κ2) is 7.74. The molecule has 0 aromatic carbocycles. The lowest BCUT2D eigenvalue weighted by molar-refractivity contribution is -0.254. The van der Waals surface area contributed by atoms with Gasteiger partial charge >= 0.3 is 5.97 Å². The maximum absolute atomic E-state index is 12.0. The summed E-state index contributed by atoms with van der Waals surface area (Å²) in [5.41, 5.74) is 1.71. The van der Waals surface area contributed by atoms with Crippen LogP contribution >= 0.6 is 0 Å². The predicted molar refractivity (Wildman–Crippen MR) is 141 cm³/mol. The molecule has 4 heteroatoms. The fourth-order valence-electron chi connectivity index (χ4n) is 12.4. The van der Waals surface area contributed by atoms with Crippen molar-refractivity contribution in [2.24, 2.45) is 56.2 Å². The van der Waals surface area contributed by atoms with Gasteiger partial charge < -0.3 is 14.6 Å². The van der Waals surface area contributed by atoms with Crippen molar-refractivity contribution in [3.63, 3.8) is 0 Å². The van der Waals surface area contributed by atoms with Crippen molar-refractivity contribution in [1.29, 1.82) is 0 Å². The molecule has 1 heterocycles. The van der Waals surface area contributed by atoms with Gasteiger partial charge in [0, 0.05) is 5.41 Å². The smallest absolute Gasteiger partial charge is 0.332 e. The van der Waals surface area contributed by atoms with Crippen LogP contribution in [0.2, 0.25) is 0 Å². The van der Waals surface area contributed by atoms with Gasteiger partial charge in [0.15, 0.2) is 0 Å². The maximum Gasteiger partial charge on any atom is 0.332 e. The highest BCUT2D eigenvalue weighted by Gasteiger charge is 2.72. The number of carbonyl (C=O) groups is 1. The molecule has 0 aromatic rings. The molecule has 5 aliphatic carbocycles. The van der Waals surface area contributed by atoms with Crippen LogP contribution < -0.4 is 0 Å². The summed E-state index contributed by atoms with van der Waals surface area (Å²) in [7, 11) is 0. The molecule has 6 unspecified atom stereocenters. The quantitative estimate of drug-likeness (QED) is 0.425. The maximum atomic E-state index is 12.0. The number of aliphatic hydroxyl groups is 1. The standard InChI is InChI=1S/C32H52O4/c1-27(2)14-16-32-17-15-30(6)20(25(32)26(27)35-19-32)8-9-22-29(5)12-11-23(36-24(34)18-33)28(3,4)21(29)10-13-31(22,30)7/h20-23,25-26,33H,8-19H2,1-7H3/t20?,21?,22?,23-,25?,26?,29-,30+,31+,32?/m0/s1. The van der Waals surface area contributed by atoms with Crippen molar-refractivity contribution in [2.75, 3.05) is 13.2 Å². The van der Waals surface area contributed by atoms with Gasteiger partial charge in [-0.1, -0.05) is 48.5 Å². The number of esters is 1. The Morgan fingerprint density at radius 1 is 0.833 bits per heavy atom. The van der Waals surface area contributed by atoms with Crippen molar-refractivity contribution < 1.29 is 19.4 Å². The molecule has 0 spiro atoms. The van der Waals surface area contributed by atoms with E-state index < -0.39 is 12.6 Å². The van der Waals surface area contributed by atoms with E-state index in [0.29, 0.717) is 33.7 Å². The summed E-state index contributed by atoms with van der Waals surface area (Å²) in [4.78, 5) is 12.0. The minimum atomic E-state index is -0.515. The molecule has 0 aromatic heterocycles. The van der Waals surface area contributed by atoms with Crippen LogP contribution in [0.5, 0.6) is 0 Å². The molecule has 6 aliphatic rings. The Morgan fingerprint density at radius 3 is 2.28 bits per heavy atom. The fraction of sp³-hybridized carbons (Fsp3) is 0.969. The van der Waals surface area contributed by atoms with Crippen LogP contribution in [0.15, 0.2) is 0 Å². The van der Waals surface area contributed by atoms with Crippen molar-refractivity contribution in [3.8, 4) is 0 Å². The fourth-order valence-corrected chi connectivity index (χ4v) is 12.4. The normalized spacial score (nSPS) is 54.4. The van der Waals surface area contributed by atoms with E-state index in [-0.39, 0.29) is 16.9 Å². The second-order valence-electron chi connectivity index (χ2n) is 16.3. The molecule has 4 nitrogen and oxygen atoms in total. The molecule has 1 aliphatic heterocycles. The average molecular weight is 501 g/mol. The molecule has 6 rings (SSSR count). The third-order valence-corrected chi connectivity index (χ3v) is 14.5. The van der Waals surface area contributed by atoms with Crippen molar-refractivity contribution in [1.82, 2.24) is 0 Å². The van der Waals surface area contributed by atoms with E-state index in [4.69, 9.17) is 9.47 Å². The third kappa shape index (κ3) is 3.04. The Bertz CT molecular complexity index is 925. The van der Waals surface area contributed by atoms with Gasteiger partial charge in [-0.2, -0.15) is 0 Å². The number of fused-ring (bicyclic) bond motifs is 5. The second-order valence-corrected chi connectivity index (χ2v) is 16.3. The van der Waals surface area contributed by atoms with Gasteiger partial charge in [-0.25, -0.2) is 4.79 Å². The van der Waals surface area contributed by atoms with Crippen LogP contribution in [0, 0.1) is 56.2 Å². The largest absolute Gasteiger partial charge is 0.460 e. The number of ether oxygens (including phenoxy) is 2. The molecule has 204 valence electrons. The molecular formula is C32H52O4. The van der Waals surface area contributed by atoms with Crippen LogP contribution in [-0.2, 0) is 14.3 Å². The third-order valence-electron chi connectivity index (χ3n) is 14.5. The first-order valence-corrected chi connectivity index (χ1v) is 15.2. The van der Waals surface area contributed by atoms with Gasteiger partial charge in [0.25, 0.3) is 0 Å². The number of hydrogen-bond donors (Lipinski definition) is 1.